The molecule has 1 aromatic carbocycles. The maximum atomic E-state index is 5.95. The fourth-order valence-electron chi connectivity index (χ4n) is 1.45. The maximum Gasteiger partial charge on any atom is 0.0412 e. The van der Waals surface area contributed by atoms with Crippen LogP contribution in [0, 0.1) is 0 Å². The lowest BCUT2D eigenvalue weighted by Gasteiger charge is -1.97. The highest BCUT2D eigenvalue weighted by Crippen LogP contribution is 2.29. The molecule has 1 heterocycles. The highest BCUT2D eigenvalue weighted by atomic mass is 35.5. The Labute approximate surface area is 98.5 Å². The molecule has 0 aliphatic carbocycles. The fraction of sp³-hybridized carbons (Fsp3) is 0.167. The van der Waals surface area contributed by atoms with Gasteiger partial charge in [0.25, 0.3) is 0 Å². The summed E-state index contributed by atoms with van der Waals surface area (Å²) in [5, 5.41) is 0.779. The molecule has 3 heteroatoms. The third-order valence-electron chi connectivity index (χ3n) is 2.16. The highest BCUT2D eigenvalue weighted by Gasteiger charge is 2.02. The van der Waals surface area contributed by atoms with Crippen LogP contribution in [-0.4, -0.2) is 6.54 Å². The standard InChI is InChI=1S/C12H12ClNS/c13-10-3-1-2-9(8-10)12-5-4-11(15-12)6-7-14/h1-5,8H,6-7,14H2. The summed E-state index contributed by atoms with van der Waals surface area (Å²) in [4.78, 5) is 2.58. The van der Waals surface area contributed by atoms with Crippen LogP contribution in [0.2, 0.25) is 5.02 Å². The average molecular weight is 238 g/mol. The molecule has 0 radical (unpaired) electrons. The highest BCUT2D eigenvalue weighted by molar-refractivity contribution is 7.15. The number of benzene rings is 1. The molecule has 0 aliphatic heterocycles. The van der Waals surface area contributed by atoms with Gasteiger partial charge in [-0.2, -0.15) is 0 Å². The molecule has 78 valence electrons. The Morgan fingerprint density at radius 2 is 2.07 bits per heavy atom. The van der Waals surface area contributed by atoms with E-state index in [0.717, 1.165) is 11.4 Å². The molecule has 1 aromatic heterocycles. The van der Waals surface area contributed by atoms with Crippen LogP contribution in [0.3, 0.4) is 0 Å². The summed E-state index contributed by atoms with van der Waals surface area (Å²) in [5.74, 6) is 0. The van der Waals surface area contributed by atoms with Crippen LogP contribution < -0.4 is 5.73 Å². The molecule has 0 bridgehead atoms. The van der Waals surface area contributed by atoms with Crippen molar-refractivity contribution in [2.45, 2.75) is 6.42 Å². The minimum atomic E-state index is 0.704. The quantitative estimate of drug-likeness (QED) is 0.868. The minimum Gasteiger partial charge on any atom is -0.330 e. The molecule has 0 unspecified atom stereocenters. The lowest BCUT2D eigenvalue weighted by Crippen LogP contribution is -2.00. The first-order valence-corrected chi connectivity index (χ1v) is 6.04. The Balaban J connectivity index is 2.29. The van der Waals surface area contributed by atoms with E-state index in [2.05, 4.69) is 18.2 Å². The van der Waals surface area contributed by atoms with Gasteiger partial charge in [0, 0.05) is 14.8 Å². The van der Waals surface area contributed by atoms with Gasteiger partial charge >= 0.3 is 0 Å². The molecule has 0 aliphatic rings. The van der Waals surface area contributed by atoms with E-state index in [1.54, 1.807) is 11.3 Å². The molecule has 0 fully saturated rings. The van der Waals surface area contributed by atoms with Crippen LogP contribution >= 0.6 is 22.9 Å². The van der Waals surface area contributed by atoms with E-state index in [4.69, 9.17) is 17.3 Å². The van der Waals surface area contributed by atoms with Crippen LogP contribution in [0.15, 0.2) is 36.4 Å². The molecule has 2 rings (SSSR count). The van der Waals surface area contributed by atoms with Crippen molar-refractivity contribution in [2.75, 3.05) is 6.54 Å². The Kier molecular flexibility index (Phi) is 3.41. The first kappa shape index (κ1) is 10.7. The predicted molar refractivity (Wildman–Crippen MR) is 67.5 cm³/mol. The summed E-state index contributed by atoms with van der Waals surface area (Å²) in [6.07, 6.45) is 0.950. The van der Waals surface area contributed by atoms with Crippen LogP contribution in [0.25, 0.3) is 10.4 Å². The second-order valence-electron chi connectivity index (χ2n) is 3.31. The zero-order valence-corrected chi connectivity index (χ0v) is 9.81. The van der Waals surface area contributed by atoms with Crippen molar-refractivity contribution in [3.05, 3.63) is 46.3 Å². The van der Waals surface area contributed by atoms with Gasteiger partial charge in [0.15, 0.2) is 0 Å². The molecule has 0 saturated carbocycles. The first-order valence-electron chi connectivity index (χ1n) is 4.84. The largest absolute Gasteiger partial charge is 0.330 e. The lowest BCUT2D eigenvalue weighted by molar-refractivity contribution is 0.989. The fourth-order valence-corrected chi connectivity index (χ4v) is 2.66. The number of thiophene rings is 1. The van der Waals surface area contributed by atoms with E-state index in [1.807, 2.05) is 18.2 Å². The maximum absolute atomic E-state index is 5.95. The zero-order chi connectivity index (χ0) is 10.7. The molecule has 1 nitrogen and oxygen atoms in total. The van der Waals surface area contributed by atoms with E-state index in [9.17, 15) is 0 Å². The number of rotatable bonds is 3. The third-order valence-corrected chi connectivity index (χ3v) is 3.59. The van der Waals surface area contributed by atoms with Gasteiger partial charge in [-0.3, -0.25) is 0 Å². The van der Waals surface area contributed by atoms with Crippen molar-refractivity contribution >= 4 is 22.9 Å². The van der Waals surface area contributed by atoms with Gasteiger partial charge in [-0.15, -0.1) is 11.3 Å². The molecular weight excluding hydrogens is 226 g/mol. The van der Waals surface area contributed by atoms with Gasteiger partial charge in [0.2, 0.25) is 0 Å². The summed E-state index contributed by atoms with van der Waals surface area (Å²) in [7, 11) is 0. The monoisotopic (exact) mass is 237 g/mol. The number of halogens is 1. The molecule has 15 heavy (non-hydrogen) atoms. The van der Waals surface area contributed by atoms with Gasteiger partial charge in [0.05, 0.1) is 0 Å². The predicted octanol–water partition coefficient (Wildman–Crippen LogP) is 3.57. The van der Waals surface area contributed by atoms with Crippen molar-refractivity contribution < 1.29 is 0 Å². The van der Waals surface area contributed by atoms with Gasteiger partial charge in [0.1, 0.15) is 0 Å². The summed E-state index contributed by atoms with van der Waals surface area (Å²) < 4.78 is 0. The van der Waals surface area contributed by atoms with Crippen LogP contribution in [-0.2, 0) is 6.42 Å². The number of hydrogen-bond donors (Lipinski definition) is 1. The molecular formula is C12H12ClNS. The Hall–Kier alpha value is -0.830. The number of nitrogens with two attached hydrogens (primary N) is 1. The van der Waals surface area contributed by atoms with Crippen LogP contribution in [0.5, 0.6) is 0 Å². The summed E-state index contributed by atoms with van der Waals surface area (Å²) >= 11 is 7.73. The SMILES string of the molecule is NCCc1ccc(-c2cccc(Cl)c2)s1. The van der Waals surface area contributed by atoms with E-state index < -0.39 is 0 Å². The van der Waals surface area contributed by atoms with Crippen molar-refractivity contribution in [1.29, 1.82) is 0 Å². The molecule has 0 saturated heterocycles. The molecule has 2 N–H and O–H groups in total. The summed E-state index contributed by atoms with van der Waals surface area (Å²) in [6.45, 7) is 0.704. The normalized spacial score (nSPS) is 10.5. The Morgan fingerprint density at radius 1 is 1.20 bits per heavy atom. The first-order chi connectivity index (χ1) is 7.29. The molecule has 0 atom stereocenters. The van der Waals surface area contributed by atoms with Crippen molar-refractivity contribution in [3.63, 3.8) is 0 Å². The van der Waals surface area contributed by atoms with Gasteiger partial charge in [-0.25, -0.2) is 0 Å². The van der Waals surface area contributed by atoms with E-state index in [0.29, 0.717) is 6.54 Å². The van der Waals surface area contributed by atoms with Crippen molar-refractivity contribution in [3.8, 4) is 10.4 Å². The second-order valence-corrected chi connectivity index (χ2v) is 4.92. The van der Waals surface area contributed by atoms with Crippen LogP contribution in [0.1, 0.15) is 4.88 Å². The average Bonchev–Trinajstić information content (AvgIpc) is 2.67. The van der Waals surface area contributed by atoms with E-state index >= 15 is 0 Å². The number of hydrogen-bond acceptors (Lipinski definition) is 2. The lowest BCUT2D eigenvalue weighted by atomic mass is 10.2. The summed E-state index contributed by atoms with van der Waals surface area (Å²) in [6, 6.07) is 12.2. The van der Waals surface area contributed by atoms with E-state index in [-0.39, 0.29) is 0 Å². The Morgan fingerprint density at radius 3 is 2.80 bits per heavy atom. The minimum absolute atomic E-state index is 0.704. The van der Waals surface area contributed by atoms with Gasteiger partial charge in [-0.05, 0) is 42.8 Å². The van der Waals surface area contributed by atoms with Gasteiger partial charge < -0.3 is 5.73 Å². The van der Waals surface area contributed by atoms with E-state index in [1.165, 1.54) is 15.3 Å². The second kappa shape index (κ2) is 4.79. The molecule has 0 amide bonds. The molecule has 0 spiro atoms. The van der Waals surface area contributed by atoms with Gasteiger partial charge in [-0.1, -0.05) is 23.7 Å². The Bertz CT molecular complexity index is 450. The molecule has 2 aromatic rings. The smallest absolute Gasteiger partial charge is 0.0412 e. The van der Waals surface area contributed by atoms with Crippen molar-refractivity contribution in [2.24, 2.45) is 5.73 Å². The third kappa shape index (κ3) is 2.59. The van der Waals surface area contributed by atoms with Crippen molar-refractivity contribution in [1.82, 2.24) is 0 Å². The summed E-state index contributed by atoms with van der Waals surface area (Å²) in [5.41, 5.74) is 6.69. The topological polar surface area (TPSA) is 26.0 Å². The zero-order valence-electron chi connectivity index (χ0n) is 8.24. The van der Waals surface area contributed by atoms with Crippen LogP contribution in [0.4, 0.5) is 0 Å².